The van der Waals surface area contributed by atoms with Crippen LogP contribution in [0, 0.1) is 24.1 Å². The summed E-state index contributed by atoms with van der Waals surface area (Å²) >= 11 is 5.85. The topological polar surface area (TPSA) is 33.0 Å². The molecule has 0 aliphatic heterocycles. The third-order valence-corrected chi connectivity index (χ3v) is 2.67. The van der Waals surface area contributed by atoms with Gasteiger partial charge in [0, 0.05) is 5.02 Å². The van der Waals surface area contributed by atoms with Gasteiger partial charge in [0.1, 0.15) is 5.75 Å². The molecule has 0 atom stereocenters. The largest absolute Gasteiger partial charge is 0.454 e. The van der Waals surface area contributed by atoms with Crippen LogP contribution in [0.3, 0.4) is 0 Å². The molecule has 0 aliphatic carbocycles. The molecule has 0 aromatic heterocycles. The van der Waals surface area contributed by atoms with Crippen LogP contribution in [0.2, 0.25) is 5.02 Å². The van der Waals surface area contributed by atoms with E-state index in [1.54, 1.807) is 18.2 Å². The molecule has 0 unspecified atom stereocenters. The molecule has 0 heterocycles. The smallest absolute Gasteiger partial charge is 0.167 e. The molecule has 0 fully saturated rings. The molecule has 0 spiro atoms. The van der Waals surface area contributed by atoms with Gasteiger partial charge in [0.2, 0.25) is 0 Å². The summed E-state index contributed by atoms with van der Waals surface area (Å²) < 4.78 is 19.1. The standard InChI is InChI=1S/C14H9ClFNO/c1-9-2-4-11(15)7-14(9)18-13-5-3-10(8-17)6-12(13)16/h2-7H,1H3. The number of benzene rings is 2. The van der Waals surface area contributed by atoms with Gasteiger partial charge in [0.25, 0.3) is 0 Å². The third-order valence-electron chi connectivity index (χ3n) is 2.43. The van der Waals surface area contributed by atoms with Crippen LogP contribution in [0.5, 0.6) is 11.5 Å². The molecule has 0 bridgehead atoms. The number of hydrogen-bond donors (Lipinski definition) is 0. The second-order valence-electron chi connectivity index (χ2n) is 3.77. The molecule has 0 radical (unpaired) electrons. The summed E-state index contributed by atoms with van der Waals surface area (Å²) in [6.45, 7) is 1.84. The molecule has 2 aromatic carbocycles. The molecular weight excluding hydrogens is 253 g/mol. The monoisotopic (exact) mass is 261 g/mol. The number of halogens is 2. The van der Waals surface area contributed by atoms with Gasteiger partial charge in [0.05, 0.1) is 11.6 Å². The first-order valence-corrected chi connectivity index (χ1v) is 5.61. The van der Waals surface area contributed by atoms with Gasteiger partial charge >= 0.3 is 0 Å². The molecule has 2 rings (SSSR count). The summed E-state index contributed by atoms with van der Waals surface area (Å²) in [6, 6.07) is 11.1. The van der Waals surface area contributed by atoms with Crippen LogP contribution >= 0.6 is 11.6 Å². The van der Waals surface area contributed by atoms with Crippen molar-refractivity contribution < 1.29 is 9.13 Å². The Kier molecular flexibility index (Phi) is 3.50. The number of aryl methyl sites for hydroxylation is 1. The van der Waals surface area contributed by atoms with Gasteiger partial charge in [0.15, 0.2) is 11.6 Å². The van der Waals surface area contributed by atoms with Crippen molar-refractivity contribution in [2.24, 2.45) is 0 Å². The van der Waals surface area contributed by atoms with E-state index in [1.807, 2.05) is 13.0 Å². The maximum Gasteiger partial charge on any atom is 0.167 e. The van der Waals surface area contributed by atoms with E-state index >= 15 is 0 Å². The average Bonchev–Trinajstić information content (AvgIpc) is 2.36. The number of rotatable bonds is 2. The molecule has 18 heavy (non-hydrogen) atoms. The van der Waals surface area contributed by atoms with E-state index in [0.717, 1.165) is 11.6 Å². The second kappa shape index (κ2) is 5.07. The molecule has 0 aliphatic rings. The normalized spacial score (nSPS) is 9.89. The second-order valence-corrected chi connectivity index (χ2v) is 4.21. The van der Waals surface area contributed by atoms with Gasteiger partial charge in [-0.25, -0.2) is 4.39 Å². The lowest BCUT2D eigenvalue weighted by Gasteiger charge is -2.09. The minimum Gasteiger partial charge on any atom is -0.454 e. The maximum absolute atomic E-state index is 13.6. The van der Waals surface area contributed by atoms with Crippen LogP contribution in [0.15, 0.2) is 36.4 Å². The highest BCUT2D eigenvalue weighted by Gasteiger charge is 2.08. The van der Waals surface area contributed by atoms with Crippen LogP contribution in [-0.2, 0) is 0 Å². The van der Waals surface area contributed by atoms with E-state index < -0.39 is 5.82 Å². The predicted molar refractivity (Wildman–Crippen MR) is 67.4 cm³/mol. The molecule has 0 saturated carbocycles. The van der Waals surface area contributed by atoms with E-state index in [2.05, 4.69) is 0 Å². The molecule has 0 amide bonds. The van der Waals surface area contributed by atoms with Crippen LogP contribution in [0.1, 0.15) is 11.1 Å². The Balaban J connectivity index is 2.34. The summed E-state index contributed by atoms with van der Waals surface area (Å²) in [5, 5.41) is 9.17. The van der Waals surface area contributed by atoms with Gasteiger partial charge in [-0.1, -0.05) is 17.7 Å². The molecule has 2 aromatic rings. The first-order valence-electron chi connectivity index (χ1n) is 5.24. The molecule has 0 saturated heterocycles. The first kappa shape index (κ1) is 12.4. The highest BCUT2D eigenvalue weighted by Crippen LogP contribution is 2.29. The number of nitriles is 1. The number of ether oxygens (including phenoxy) is 1. The summed E-state index contributed by atoms with van der Waals surface area (Å²) in [4.78, 5) is 0. The summed E-state index contributed by atoms with van der Waals surface area (Å²) in [5.74, 6) is -0.0149. The minimum absolute atomic E-state index is 0.0689. The van der Waals surface area contributed by atoms with Crippen molar-refractivity contribution in [1.82, 2.24) is 0 Å². The van der Waals surface area contributed by atoms with Crippen LogP contribution in [0.4, 0.5) is 4.39 Å². The molecule has 0 N–H and O–H groups in total. The molecule has 4 heteroatoms. The van der Waals surface area contributed by atoms with Crippen molar-refractivity contribution >= 4 is 11.6 Å². The number of hydrogen-bond acceptors (Lipinski definition) is 2. The lowest BCUT2D eigenvalue weighted by molar-refractivity contribution is 0.439. The van der Waals surface area contributed by atoms with Crippen LogP contribution in [0.25, 0.3) is 0 Å². The van der Waals surface area contributed by atoms with Gasteiger partial charge in [-0.2, -0.15) is 5.26 Å². The van der Waals surface area contributed by atoms with E-state index in [1.165, 1.54) is 12.1 Å². The van der Waals surface area contributed by atoms with Gasteiger partial charge in [-0.15, -0.1) is 0 Å². The number of nitrogens with zero attached hydrogens (tertiary/aromatic N) is 1. The van der Waals surface area contributed by atoms with E-state index in [-0.39, 0.29) is 11.3 Å². The minimum atomic E-state index is -0.576. The van der Waals surface area contributed by atoms with E-state index in [9.17, 15) is 4.39 Å². The predicted octanol–water partition coefficient (Wildman–Crippen LogP) is 4.45. The maximum atomic E-state index is 13.6. The van der Waals surface area contributed by atoms with Crippen molar-refractivity contribution in [3.63, 3.8) is 0 Å². The molecular formula is C14H9ClFNO. The fourth-order valence-electron chi connectivity index (χ4n) is 1.46. The first-order chi connectivity index (χ1) is 8.60. The average molecular weight is 262 g/mol. The van der Waals surface area contributed by atoms with Crippen LogP contribution < -0.4 is 4.74 Å². The van der Waals surface area contributed by atoms with Gasteiger partial charge in [-0.3, -0.25) is 0 Å². The quantitative estimate of drug-likeness (QED) is 0.800. The fraction of sp³-hybridized carbons (Fsp3) is 0.0714. The lowest BCUT2D eigenvalue weighted by atomic mass is 10.2. The summed E-state index contributed by atoms with van der Waals surface area (Å²) in [7, 11) is 0. The Hall–Kier alpha value is -2.05. The van der Waals surface area contributed by atoms with Crippen molar-refractivity contribution in [1.29, 1.82) is 5.26 Å². The van der Waals surface area contributed by atoms with Crippen molar-refractivity contribution in [3.8, 4) is 17.6 Å². The zero-order chi connectivity index (χ0) is 13.1. The Morgan fingerprint density at radius 3 is 2.61 bits per heavy atom. The highest BCUT2D eigenvalue weighted by atomic mass is 35.5. The van der Waals surface area contributed by atoms with Crippen molar-refractivity contribution in [2.45, 2.75) is 6.92 Å². The summed E-state index contributed by atoms with van der Waals surface area (Å²) in [6.07, 6.45) is 0. The van der Waals surface area contributed by atoms with E-state index in [0.29, 0.717) is 10.8 Å². The summed E-state index contributed by atoms with van der Waals surface area (Å²) in [5.41, 5.74) is 1.10. The SMILES string of the molecule is Cc1ccc(Cl)cc1Oc1ccc(C#N)cc1F. The molecule has 90 valence electrons. The lowest BCUT2D eigenvalue weighted by Crippen LogP contribution is -1.91. The van der Waals surface area contributed by atoms with Crippen molar-refractivity contribution in [3.05, 3.63) is 58.4 Å². The molecule has 2 nitrogen and oxygen atoms in total. The van der Waals surface area contributed by atoms with Gasteiger partial charge < -0.3 is 4.74 Å². The zero-order valence-electron chi connectivity index (χ0n) is 9.58. The Morgan fingerprint density at radius 1 is 1.17 bits per heavy atom. The van der Waals surface area contributed by atoms with Gasteiger partial charge in [-0.05, 0) is 42.8 Å². The third kappa shape index (κ3) is 2.61. The Morgan fingerprint density at radius 2 is 1.94 bits per heavy atom. The zero-order valence-corrected chi connectivity index (χ0v) is 10.3. The van der Waals surface area contributed by atoms with Crippen molar-refractivity contribution in [2.75, 3.05) is 0 Å². The van der Waals surface area contributed by atoms with E-state index in [4.69, 9.17) is 21.6 Å². The highest BCUT2D eigenvalue weighted by molar-refractivity contribution is 6.30. The fourth-order valence-corrected chi connectivity index (χ4v) is 1.62. The Bertz CT molecular complexity index is 634. The van der Waals surface area contributed by atoms with Crippen LogP contribution in [-0.4, -0.2) is 0 Å². The Labute approximate surface area is 109 Å².